The van der Waals surface area contributed by atoms with Gasteiger partial charge in [0.05, 0.1) is 0 Å². The van der Waals surface area contributed by atoms with Crippen molar-refractivity contribution >= 4 is 0 Å². The summed E-state index contributed by atoms with van der Waals surface area (Å²) in [4.78, 5) is 0. The number of aryl methyl sites for hydroxylation is 1. The normalized spacial score (nSPS) is 21.2. The van der Waals surface area contributed by atoms with E-state index in [4.69, 9.17) is 5.73 Å². The molecule has 0 aromatic heterocycles. The topological polar surface area (TPSA) is 46.2 Å². The Bertz CT molecular complexity index is 333. The van der Waals surface area contributed by atoms with Crippen LogP contribution < -0.4 is 5.73 Å². The molecule has 0 aliphatic heterocycles. The summed E-state index contributed by atoms with van der Waals surface area (Å²) >= 11 is 0. The summed E-state index contributed by atoms with van der Waals surface area (Å²) in [5.74, 6) is 0.368. The Hall–Kier alpha value is -1.02. The second kappa shape index (κ2) is 3.04. The molecule has 0 bridgehead atoms. The van der Waals surface area contributed by atoms with Crippen molar-refractivity contribution in [3.05, 3.63) is 28.8 Å². The van der Waals surface area contributed by atoms with Gasteiger partial charge >= 0.3 is 0 Å². The fraction of sp³-hybridized carbons (Fsp3) is 0.455. The molecule has 1 aliphatic carbocycles. The lowest BCUT2D eigenvalue weighted by Crippen LogP contribution is -2.18. The van der Waals surface area contributed by atoms with E-state index in [0.717, 1.165) is 24.8 Å². The van der Waals surface area contributed by atoms with Gasteiger partial charge < -0.3 is 10.8 Å². The van der Waals surface area contributed by atoms with Crippen LogP contribution in [-0.4, -0.2) is 5.11 Å². The van der Waals surface area contributed by atoms with Crippen molar-refractivity contribution in [3.8, 4) is 5.75 Å². The maximum atomic E-state index is 9.67. The number of aromatic hydroxyl groups is 1. The molecule has 0 heterocycles. The van der Waals surface area contributed by atoms with Gasteiger partial charge in [-0.2, -0.15) is 0 Å². The van der Waals surface area contributed by atoms with Crippen molar-refractivity contribution in [3.63, 3.8) is 0 Å². The highest BCUT2D eigenvalue weighted by Crippen LogP contribution is 2.35. The molecule has 0 spiro atoms. The third-order valence-corrected chi connectivity index (χ3v) is 2.88. The monoisotopic (exact) mass is 177 g/mol. The molecule has 1 aromatic rings. The largest absolute Gasteiger partial charge is 0.508 e. The molecule has 2 rings (SSSR count). The first-order valence-corrected chi connectivity index (χ1v) is 4.77. The van der Waals surface area contributed by atoms with Gasteiger partial charge in [0.1, 0.15) is 5.75 Å². The Balaban J connectivity index is 2.60. The Labute approximate surface area is 78.4 Å². The Kier molecular flexibility index (Phi) is 2.00. The first-order valence-electron chi connectivity index (χ1n) is 4.77. The highest BCUT2D eigenvalue weighted by Gasteiger charge is 2.21. The third kappa shape index (κ3) is 1.31. The number of nitrogens with two attached hydrogens (primary N) is 1. The smallest absolute Gasteiger partial charge is 0.120 e. The van der Waals surface area contributed by atoms with Crippen LogP contribution in [0.5, 0.6) is 5.75 Å². The Morgan fingerprint density at radius 1 is 1.46 bits per heavy atom. The summed E-state index contributed by atoms with van der Waals surface area (Å²) in [6.45, 7) is 2.08. The zero-order valence-corrected chi connectivity index (χ0v) is 7.88. The zero-order valence-electron chi connectivity index (χ0n) is 7.88. The highest BCUT2D eigenvalue weighted by molar-refractivity contribution is 5.47. The van der Waals surface area contributed by atoms with Gasteiger partial charge in [0.25, 0.3) is 0 Å². The van der Waals surface area contributed by atoms with E-state index in [9.17, 15) is 5.11 Å². The molecule has 1 aliphatic rings. The number of phenolic OH excluding ortho intramolecular Hbond substituents is 1. The number of fused-ring (bicyclic) bond motifs is 1. The molecule has 0 saturated carbocycles. The SMILES string of the molecule is Cc1ccc(O)c2c1CCC[C@H]2N. The van der Waals surface area contributed by atoms with Gasteiger partial charge in [-0.3, -0.25) is 0 Å². The van der Waals surface area contributed by atoms with Gasteiger partial charge in [0, 0.05) is 11.6 Å². The van der Waals surface area contributed by atoms with Crippen LogP contribution in [-0.2, 0) is 6.42 Å². The van der Waals surface area contributed by atoms with Crippen molar-refractivity contribution in [1.82, 2.24) is 0 Å². The molecule has 0 unspecified atom stereocenters. The zero-order chi connectivity index (χ0) is 9.42. The van der Waals surface area contributed by atoms with Gasteiger partial charge in [-0.1, -0.05) is 6.07 Å². The second-order valence-electron chi connectivity index (χ2n) is 3.79. The van der Waals surface area contributed by atoms with E-state index in [1.165, 1.54) is 11.1 Å². The van der Waals surface area contributed by atoms with Crippen molar-refractivity contribution in [2.45, 2.75) is 32.2 Å². The van der Waals surface area contributed by atoms with Crippen LogP contribution in [0.2, 0.25) is 0 Å². The van der Waals surface area contributed by atoms with Crippen molar-refractivity contribution in [1.29, 1.82) is 0 Å². The van der Waals surface area contributed by atoms with Gasteiger partial charge in [-0.05, 0) is 43.4 Å². The molecule has 0 saturated heterocycles. The van der Waals surface area contributed by atoms with Gasteiger partial charge in [-0.15, -0.1) is 0 Å². The molecule has 0 fully saturated rings. The fourth-order valence-corrected chi connectivity index (χ4v) is 2.15. The van der Waals surface area contributed by atoms with E-state index >= 15 is 0 Å². The lowest BCUT2D eigenvalue weighted by atomic mass is 9.85. The van der Waals surface area contributed by atoms with Crippen LogP contribution in [0.4, 0.5) is 0 Å². The minimum Gasteiger partial charge on any atom is -0.508 e. The summed E-state index contributed by atoms with van der Waals surface area (Å²) in [5.41, 5.74) is 9.45. The van der Waals surface area contributed by atoms with Gasteiger partial charge in [0.15, 0.2) is 0 Å². The van der Waals surface area contributed by atoms with Crippen LogP contribution >= 0.6 is 0 Å². The molecule has 1 atom stereocenters. The standard InChI is InChI=1S/C11H15NO/c1-7-5-6-10(13)11-8(7)3-2-4-9(11)12/h5-6,9,13H,2-4,12H2,1H3/t9-/m1/s1. The number of hydrogen-bond acceptors (Lipinski definition) is 2. The number of benzene rings is 1. The van der Waals surface area contributed by atoms with Crippen LogP contribution in [0.3, 0.4) is 0 Å². The number of rotatable bonds is 0. The minimum atomic E-state index is 0.0312. The maximum absolute atomic E-state index is 9.67. The second-order valence-corrected chi connectivity index (χ2v) is 3.79. The van der Waals surface area contributed by atoms with Crippen molar-refractivity contribution in [2.24, 2.45) is 5.73 Å². The van der Waals surface area contributed by atoms with Crippen molar-refractivity contribution < 1.29 is 5.11 Å². The van der Waals surface area contributed by atoms with E-state index in [1.807, 2.05) is 6.07 Å². The van der Waals surface area contributed by atoms with Crippen LogP contribution in [0.1, 0.15) is 35.6 Å². The molecule has 0 radical (unpaired) electrons. The van der Waals surface area contributed by atoms with E-state index < -0.39 is 0 Å². The Morgan fingerprint density at radius 2 is 2.23 bits per heavy atom. The minimum absolute atomic E-state index is 0.0312. The molecule has 2 nitrogen and oxygen atoms in total. The van der Waals surface area contributed by atoms with Crippen molar-refractivity contribution in [2.75, 3.05) is 0 Å². The first kappa shape index (κ1) is 8.57. The third-order valence-electron chi connectivity index (χ3n) is 2.88. The van der Waals surface area contributed by atoms with Gasteiger partial charge in [-0.25, -0.2) is 0 Å². The summed E-state index contributed by atoms with van der Waals surface area (Å²) in [6.07, 6.45) is 3.19. The van der Waals surface area contributed by atoms with Crippen LogP contribution in [0, 0.1) is 6.92 Å². The predicted octanol–water partition coefficient (Wildman–Crippen LogP) is 2.04. The summed E-state index contributed by atoms with van der Waals surface area (Å²) in [7, 11) is 0. The molecule has 2 heteroatoms. The average Bonchev–Trinajstić information content (AvgIpc) is 2.12. The molecule has 0 amide bonds. The lowest BCUT2D eigenvalue weighted by molar-refractivity contribution is 0.447. The average molecular weight is 177 g/mol. The lowest BCUT2D eigenvalue weighted by Gasteiger charge is -2.24. The molecular weight excluding hydrogens is 162 g/mol. The maximum Gasteiger partial charge on any atom is 0.120 e. The fourth-order valence-electron chi connectivity index (χ4n) is 2.15. The first-order chi connectivity index (χ1) is 6.20. The summed E-state index contributed by atoms with van der Waals surface area (Å²) in [6, 6.07) is 3.74. The number of phenols is 1. The number of hydrogen-bond donors (Lipinski definition) is 2. The van der Waals surface area contributed by atoms with E-state index in [0.29, 0.717) is 5.75 Å². The van der Waals surface area contributed by atoms with Gasteiger partial charge in [0.2, 0.25) is 0 Å². The molecular formula is C11H15NO. The van der Waals surface area contributed by atoms with E-state index in [-0.39, 0.29) is 6.04 Å². The molecule has 70 valence electrons. The Morgan fingerprint density at radius 3 is 2.92 bits per heavy atom. The molecule has 13 heavy (non-hydrogen) atoms. The van der Waals surface area contributed by atoms with E-state index in [1.54, 1.807) is 6.07 Å². The molecule has 1 aromatic carbocycles. The highest BCUT2D eigenvalue weighted by atomic mass is 16.3. The quantitative estimate of drug-likeness (QED) is 0.637. The summed E-state index contributed by atoms with van der Waals surface area (Å²) in [5, 5.41) is 9.67. The van der Waals surface area contributed by atoms with Crippen LogP contribution in [0.15, 0.2) is 12.1 Å². The predicted molar refractivity (Wildman–Crippen MR) is 52.7 cm³/mol. The van der Waals surface area contributed by atoms with Crippen LogP contribution in [0.25, 0.3) is 0 Å². The van der Waals surface area contributed by atoms with E-state index in [2.05, 4.69) is 6.92 Å². The molecule has 3 N–H and O–H groups in total. The summed E-state index contributed by atoms with van der Waals surface area (Å²) < 4.78 is 0.